The highest BCUT2D eigenvalue weighted by Gasteiger charge is 2.29. The summed E-state index contributed by atoms with van der Waals surface area (Å²) >= 11 is 0. The van der Waals surface area contributed by atoms with Gasteiger partial charge in [0.25, 0.3) is 0 Å². The number of hydrogen-bond acceptors (Lipinski definition) is 4. The molecule has 1 aromatic carbocycles. The molecule has 0 radical (unpaired) electrons. The Labute approximate surface area is 135 Å². The minimum atomic E-state index is 0. The Balaban J connectivity index is 0.00000144. The van der Waals surface area contributed by atoms with Crippen LogP contribution in [0.5, 0.6) is 0 Å². The Bertz CT molecular complexity index is 675. The number of aromatic nitrogens is 1. The average molecular weight is 322 g/mol. The smallest absolute Gasteiger partial charge is 0.227 e. The third kappa shape index (κ3) is 3.10. The van der Waals surface area contributed by atoms with Gasteiger partial charge in [0.05, 0.1) is 0 Å². The summed E-state index contributed by atoms with van der Waals surface area (Å²) < 4.78 is 5.74. The van der Waals surface area contributed by atoms with Gasteiger partial charge >= 0.3 is 0 Å². The van der Waals surface area contributed by atoms with Gasteiger partial charge in [0.1, 0.15) is 5.52 Å². The van der Waals surface area contributed by atoms with Crippen LogP contribution in [-0.4, -0.2) is 24.0 Å². The summed E-state index contributed by atoms with van der Waals surface area (Å²) in [5.41, 5.74) is 2.44. The molecular weight excluding hydrogens is 302 g/mol. The van der Waals surface area contributed by atoms with Gasteiger partial charge in [-0.25, -0.2) is 4.98 Å². The predicted octanol–water partition coefficient (Wildman–Crippen LogP) is 3.07. The minimum Gasteiger partial charge on any atom is -0.440 e. The monoisotopic (exact) mass is 321 g/mol. The van der Waals surface area contributed by atoms with E-state index in [4.69, 9.17) is 4.42 Å². The van der Waals surface area contributed by atoms with E-state index >= 15 is 0 Å². The summed E-state index contributed by atoms with van der Waals surface area (Å²) in [6, 6.07) is 5.69. The van der Waals surface area contributed by atoms with E-state index in [2.05, 4.69) is 15.6 Å². The minimum absolute atomic E-state index is 0. The third-order valence-corrected chi connectivity index (χ3v) is 4.31. The number of carbonyl (C=O) groups is 1. The van der Waals surface area contributed by atoms with Crippen molar-refractivity contribution in [2.45, 2.75) is 31.6 Å². The van der Waals surface area contributed by atoms with Crippen molar-refractivity contribution >= 4 is 35.1 Å². The Morgan fingerprint density at radius 2 is 2.00 bits per heavy atom. The fourth-order valence-corrected chi connectivity index (χ4v) is 2.86. The van der Waals surface area contributed by atoms with Gasteiger partial charge in [-0.2, -0.15) is 0 Å². The van der Waals surface area contributed by atoms with Crippen molar-refractivity contribution in [3.8, 4) is 0 Å². The largest absolute Gasteiger partial charge is 0.440 e. The highest BCUT2D eigenvalue weighted by Crippen LogP contribution is 2.40. The normalized spacial score (nSPS) is 18.9. The van der Waals surface area contributed by atoms with Crippen LogP contribution in [0.15, 0.2) is 22.6 Å². The van der Waals surface area contributed by atoms with Gasteiger partial charge in [0.2, 0.25) is 5.91 Å². The number of halogens is 1. The first-order valence-corrected chi connectivity index (χ1v) is 7.72. The molecule has 1 aliphatic heterocycles. The van der Waals surface area contributed by atoms with Crippen LogP contribution in [0.1, 0.15) is 37.5 Å². The molecule has 1 amide bonds. The first-order valence-electron chi connectivity index (χ1n) is 7.72. The molecule has 2 fully saturated rings. The fraction of sp³-hybridized carbons (Fsp3) is 0.500. The van der Waals surface area contributed by atoms with E-state index in [1.54, 1.807) is 0 Å². The third-order valence-electron chi connectivity index (χ3n) is 4.31. The molecule has 5 nitrogen and oxygen atoms in total. The average Bonchev–Trinajstić information content (AvgIpc) is 3.28. The van der Waals surface area contributed by atoms with Gasteiger partial charge in [-0.1, -0.05) is 0 Å². The maximum absolute atomic E-state index is 12.2. The van der Waals surface area contributed by atoms with Crippen LogP contribution < -0.4 is 10.6 Å². The summed E-state index contributed by atoms with van der Waals surface area (Å²) in [5, 5.41) is 6.28. The van der Waals surface area contributed by atoms with Crippen LogP contribution >= 0.6 is 12.4 Å². The zero-order chi connectivity index (χ0) is 14.2. The maximum Gasteiger partial charge on any atom is 0.227 e. The summed E-state index contributed by atoms with van der Waals surface area (Å²) in [5.74, 6) is 1.57. The van der Waals surface area contributed by atoms with Gasteiger partial charge in [-0.05, 0) is 57.0 Å². The molecule has 1 aromatic heterocycles. The van der Waals surface area contributed by atoms with Gasteiger partial charge in [0, 0.05) is 17.5 Å². The van der Waals surface area contributed by atoms with Crippen molar-refractivity contribution in [3.05, 3.63) is 24.1 Å². The quantitative estimate of drug-likeness (QED) is 0.911. The first kappa shape index (κ1) is 15.3. The standard InChI is InChI=1S/C16H19N3O2.ClH/c20-15(10-5-7-17-8-6-10)18-12-3-4-14-13(9-12)19-16(21-14)11-1-2-11;/h3-4,9-11,17H,1-2,5-8H2,(H,18,20);1H. The molecule has 0 spiro atoms. The number of fused-ring (bicyclic) bond motifs is 1. The lowest BCUT2D eigenvalue weighted by atomic mass is 9.97. The molecule has 2 aromatic rings. The van der Waals surface area contributed by atoms with Crippen LogP contribution in [-0.2, 0) is 4.79 Å². The van der Waals surface area contributed by atoms with E-state index in [1.807, 2.05) is 18.2 Å². The van der Waals surface area contributed by atoms with Crippen molar-refractivity contribution in [2.75, 3.05) is 18.4 Å². The van der Waals surface area contributed by atoms with Crippen LogP contribution in [0.25, 0.3) is 11.1 Å². The number of anilines is 1. The number of piperidine rings is 1. The van der Waals surface area contributed by atoms with Gasteiger partial charge in [0.15, 0.2) is 11.5 Å². The van der Waals surface area contributed by atoms with E-state index in [1.165, 1.54) is 12.8 Å². The van der Waals surface area contributed by atoms with Crippen LogP contribution in [0.3, 0.4) is 0 Å². The highest BCUT2D eigenvalue weighted by molar-refractivity contribution is 5.94. The number of carbonyl (C=O) groups excluding carboxylic acids is 1. The van der Waals surface area contributed by atoms with E-state index in [0.717, 1.165) is 48.6 Å². The summed E-state index contributed by atoms with van der Waals surface area (Å²) in [6.07, 6.45) is 4.16. The van der Waals surface area contributed by atoms with E-state index in [-0.39, 0.29) is 24.2 Å². The van der Waals surface area contributed by atoms with E-state index in [9.17, 15) is 4.79 Å². The number of rotatable bonds is 3. The number of nitrogens with one attached hydrogen (secondary N) is 2. The second-order valence-electron chi connectivity index (χ2n) is 6.02. The van der Waals surface area contributed by atoms with Crippen LogP contribution in [0.4, 0.5) is 5.69 Å². The number of benzene rings is 1. The van der Waals surface area contributed by atoms with Crippen LogP contribution in [0.2, 0.25) is 0 Å². The zero-order valence-corrected chi connectivity index (χ0v) is 13.1. The number of amides is 1. The maximum atomic E-state index is 12.2. The van der Waals surface area contributed by atoms with Crippen molar-refractivity contribution < 1.29 is 9.21 Å². The molecule has 22 heavy (non-hydrogen) atoms. The number of nitrogens with zero attached hydrogens (tertiary/aromatic N) is 1. The molecule has 4 rings (SSSR count). The van der Waals surface area contributed by atoms with Gasteiger partial charge in [-0.15, -0.1) is 12.4 Å². The molecule has 2 heterocycles. The first-order chi connectivity index (χ1) is 10.3. The fourth-order valence-electron chi connectivity index (χ4n) is 2.86. The molecule has 6 heteroatoms. The van der Waals surface area contributed by atoms with Gasteiger partial charge < -0.3 is 15.1 Å². The Morgan fingerprint density at radius 3 is 2.73 bits per heavy atom. The molecule has 0 bridgehead atoms. The van der Waals surface area contributed by atoms with Crippen molar-refractivity contribution in [3.63, 3.8) is 0 Å². The molecule has 0 atom stereocenters. The molecule has 2 N–H and O–H groups in total. The van der Waals surface area contributed by atoms with Crippen molar-refractivity contribution in [1.29, 1.82) is 0 Å². The topological polar surface area (TPSA) is 67.2 Å². The molecule has 0 unspecified atom stereocenters. The summed E-state index contributed by atoms with van der Waals surface area (Å²) in [7, 11) is 0. The Hall–Kier alpha value is -1.59. The Kier molecular flexibility index (Phi) is 4.36. The number of oxazole rings is 1. The molecule has 2 aliphatic rings. The van der Waals surface area contributed by atoms with Gasteiger partial charge in [-0.3, -0.25) is 4.79 Å². The highest BCUT2D eigenvalue weighted by atomic mass is 35.5. The zero-order valence-electron chi connectivity index (χ0n) is 12.3. The second kappa shape index (κ2) is 6.26. The lowest BCUT2D eigenvalue weighted by Crippen LogP contribution is -2.34. The Morgan fingerprint density at radius 1 is 1.23 bits per heavy atom. The molecular formula is C16H20ClN3O2. The lowest BCUT2D eigenvalue weighted by Gasteiger charge is -2.21. The summed E-state index contributed by atoms with van der Waals surface area (Å²) in [4.78, 5) is 16.8. The van der Waals surface area contributed by atoms with Crippen molar-refractivity contribution in [2.24, 2.45) is 5.92 Å². The van der Waals surface area contributed by atoms with Crippen molar-refractivity contribution in [1.82, 2.24) is 10.3 Å². The summed E-state index contributed by atoms with van der Waals surface area (Å²) in [6.45, 7) is 1.84. The molecule has 1 aliphatic carbocycles. The van der Waals surface area contributed by atoms with E-state index < -0.39 is 0 Å². The molecule has 1 saturated heterocycles. The molecule has 1 saturated carbocycles. The van der Waals surface area contributed by atoms with E-state index in [0.29, 0.717) is 5.92 Å². The SMILES string of the molecule is Cl.O=C(Nc1ccc2oc(C3CC3)nc2c1)C1CCNCC1. The van der Waals surface area contributed by atoms with Crippen LogP contribution in [0, 0.1) is 5.92 Å². The predicted molar refractivity (Wildman–Crippen MR) is 87.5 cm³/mol. The second-order valence-corrected chi connectivity index (χ2v) is 6.02. The number of hydrogen-bond donors (Lipinski definition) is 2. The molecule has 118 valence electrons. The lowest BCUT2D eigenvalue weighted by molar-refractivity contribution is -0.120.